The van der Waals surface area contributed by atoms with Crippen LogP contribution in [0.1, 0.15) is 0 Å². The smallest absolute Gasteiger partial charge is 0.135 e. The zero-order chi connectivity index (χ0) is 14.1. The van der Waals surface area contributed by atoms with E-state index in [1.807, 2.05) is 48.5 Å². The van der Waals surface area contributed by atoms with E-state index in [1.165, 1.54) is 0 Å². The molecular weight excluding hydrogens is 338 g/mol. The Kier molecular flexibility index (Phi) is 3.51. The average molecular weight is 349 g/mol. The number of benzene rings is 2. The molecule has 0 radical (unpaired) electrons. The Hall–Kier alpha value is -1.78. The van der Waals surface area contributed by atoms with Crippen LogP contribution in [0.5, 0.6) is 0 Å². The fourth-order valence-electron chi connectivity index (χ4n) is 2.00. The molecule has 1 aromatic heterocycles. The van der Waals surface area contributed by atoms with Gasteiger partial charge in [-0.05, 0) is 42.0 Å². The van der Waals surface area contributed by atoms with Crippen LogP contribution in [0, 0.1) is 0 Å². The molecule has 2 N–H and O–H groups in total. The molecule has 0 aliphatic rings. The van der Waals surface area contributed by atoms with Gasteiger partial charge >= 0.3 is 0 Å². The number of aromatic nitrogens is 2. The van der Waals surface area contributed by atoms with Crippen molar-refractivity contribution >= 4 is 33.3 Å². The number of nitrogen functional groups attached to an aromatic ring is 1. The molecule has 0 saturated heterocycles. The Balaban J connectivity index is 2.04. The maximum atomic E-state index is 6.20. The predicted molar refractivity (Wildman–Crippen MR) is 86.1 cm³/mol. The molecule has 0 amide bonds. The van der Waals surface area contributed by atoms with Crippen molar-refractivity contribution in [2.45, 2.75) is 0 Å². The van der Waals surface area contributed by atoms with Gasteiger partial charge in [-0.1, -0.05) is 39.7 Å². The van der Waals surface area contributed by atoms with Crippen LogP contribution in [-0.2, 0) is 0 Å². The van der Waals surface area contributed by atoms with Crippen molar-refractivity contribution in [3.8, 4) is 16.8 Å². The lowest BCUT2D eigenvalue weighted by Gasteiger charge is -2.05. The van der Waals surface area contributed by atoms with E-state index >= 15 is 0 Å². The first-order chi connectivity index (χ1) is 9.65. The van der Waals surface area contributed by atoms with Gasteiger partial charge in [0, 0.05) is 15.1 Å². The van der Waals surface area contributed by atoms with Crippen molar-refractivity contribution in [3.05, 3.63) is 64.2 Å². The fraction of sp³-hybridized carbons (Fsp3) is 0. The van der Waals surface area contributed by atoms with Gasteiger partial charge in [0.05, 0.1) is 11.9 Å². The summed E-state index contributed by atoms with van der Waals surface area (Å²) in [6, 6.07) is 15.4. The Morgan fingerprint density at radius 1 is 1.00 bits per heavy atom. The summed E-state index contributed by atoms with van der Waals surface area (Å²) in [7, 11) is 0. The molecule has 0 aliphatic carbocycles. The predicted octanol–water partition coefficient (Wildman–Crippen LogP) is 4.54. The summed E-state index contributed by atoms with van der Waals surface area (Å²) in [6.07, 6.45) is 1.76. The number of nitrogens with zero attached hydrogens (tertiary/aromatic N) is 2. The largest absolute Gasteiger partial charge is 0.383 e. The summed E-state index contributed by atoms with van der Waals surface area (Å²) in [6.45, 7) is 0. The van der Waals surface area contributed by atoms with Crippen LogP contribution in [0.15, 0.2) is 59.2 Å². The first-order valence-corrected chi connectivity index (χ1v) is 7.17. The van der Waals surface area contributed by atoms with E-state index in [-0.39, 0.29) is 0 Å². The zero-order valence-electron chi connectivity index (χ0n) is 10.4. The second kappa shape index (κ2) is 5.31. The normalized spacial score (nSPS) is 10.7. The van der Waals surface area contributed by atoms with Gasteiger partial charge in [0.1, 0.15) is 5.82 Å². The molecule has 0 saturated carbocycles. The SMILES string of the molecule is Nc1c(-c2ccc(Cl)cc2)cnn1-c1ccc(Br)cc1. The summed E-state index contributed by atoms with van der Waals surface area (Å²) >= 11 is 9.31. The Morgan fingerprint density at radius 3 is 2.30 bits per heavy atom. The molecule has 3 rings (SSSR count). The number of nitrogens with two attached hydrogens (primary N) is 1. The molecule has 0 fully saturated rings. The van der Waals surface area contributed by atoms with Crippen LogP contribution in [0.2, 0.25) is 5.02 Å². The van der Waals surface area contributed by atoms with E-state index in [1.54, 1.807) is 10.9 Å². The summed E-state index contributed by atoms with van der Waals surface area (Å²) < 4.78 is 2.74. The lowest BCUT2D eigenvalue weighted by Crippen LogP contribution is -2.01. The van der Waals surface area contributed by atoms with Gasteiger partial charge in [-0.15, -0.1) is 0 Å². The van der Waals surface area contributed by atoms with Crippen LogP contribution in [-0.4, -0.2) is 9.78 Å². The first kappa shape index (κ1) is 13.2. The standard InChI is InChI=1S/C15H11BrClN3/c16-11-3-7-13(8-4-11)20-15(18)14(9-19-20)10-1-5-12(17)6-2-10/h1-9H,18H2. The third-order valence-electron chi connectivity index (χ3n) is 3.03. The number of hydrogen-bond acceptors (Lipinski definition) is 2. The maximum Gasteiger partial charge on any atom is 0.135 e. The average Bonchev–Trinajstić information content (AvgIpc) is 2.83. The zero-order valence-corrected chi connectivity index (χ0v) is 12.8. The van der Waals surface area contributed by atoms with Gasteiger partial charge in [0.15, 0.2) is 0 Å². The molecule has 1 heterocycles. The highest BCUT2D eigenvalue weighted by molar-refractivity contribution is 9.10. The quantitative estimate of drug-likeness (QED) is 0.739. The van der Waals surface area contributed by atoms with E-state index in [0.717, 1.165) is 21.3 Å². The van der Waals surface area contributed by atoms with Gasteiger partial charge in [-0.25, -0.2) is 4.68 Å². The van der Waals surface area contributed by atoms with Crippen LogP contribution in [0.4, 0.5) is 5.82 Å². The van der Waals surface area contributed by atoms with E-state index in [9.17, 15) is 0 Å². The lowest BCUT2D eigenvalue weighted by molar-refractivity contribution is 0.891. The third-order valence-corrected chi connectivity index (χ3v) is 3.81. The van der Waals surface area contributed by atoms with Crippen LogP contribution < -0.4 is 5.73 Å². The minimum Gasteiger partial charge on any atom is -0.383 e. The van der Waals surface area contributed by atoms with Crippen LogP contribution in [0.3, 0.4) is 0 Å². The molecule has 3 aromatic rings. The summed E-state index contributed by atoms with van der Waals surface area (Å²) in [5.41, 5.74) is 9.01. The molecule has 0 bridgehead atoms. The Morgan fingerprint density at radius 2 is 1.65 bits per heavy atom. The molecule has 0 spiro atoms. The second-order valence-electron chi connectivity index (χ2n) is 4.34. The number of hydrogen-bond donors (Lipinski definition) is 1. The molecule has 0 unspecified atom stereocenters. The van der Waals surface area contributed by atoms with Gasteiger partial charge in [0.25, 0.3) is 0 Å². The van der Waals surface area contributed by atoms with Gasteiger partial charge in [-0.2, -0.15) is 5.10 Å². The number of anilines is 1. The van der Waals surface area contributed by atoms with Crippen molar-refractivity contribution in [2.75, 3.05) is 5.73 Å². The molecule has 5 heteroatoms. The molecule has 0 atom stereocenters. The van der Waals surface area contributed by atoms with E-state index < -0.39 is 0 Å². The van der Waals surface area contributed by atoms with Crippen molar-refractivity contribution in [3.63, 3.8) is 0 Å². The third kappa shape index (κ3) is 2.44. The van der Waals surface area contributed by atoms with E-state index in [0.29, 0.717) is 10.8 Å². The summed E-state index contributed by atoms with van der Waals surface area (Å²) in [5, 5.41) is 5.06. The van der Waals surface area contributed by atoms with Crippen molar-refractivity contribution in [2.24, 2.45) is 0 Å². The monoisotopic (exact) mass is 347 g/mol. The highest BCUT2D eigenvalue weighted by Crippen LogP contribution is 2.28. The van der Waals surface area contributed by atoms with Gasteiger partial charge in [0.2, 0.25) is 0 Å². The van der Waals surface area contributed by atoms with E-state index in [2.05, 4.69) is 21.0 Å². The molecular formula is C15H11BrClN3. The number of rotatable bonds is 2. The minimum absolute atomic E-state index is 0.606. The summed E-state index contributed by atoms with van der Waals surface area (Å²) in [5.74, 6) is 0.606. The summed E-state index contributed by atoms with van der Waals surface area (Å²) in [4.78, 5) is 0. The highest BCUT2D eigenvalue weighted by atomic mass is 79.9. The molecule has 20 heavy (non-hydrogen) atoms. The fourth-order valence-corrected chi connectivity index (χ4v) is 2.39. The second-order valence-corrected chi connectivity index (χ2v) is 5.69. The Bertz CT molecular complexity index is 670. The van der Waals surface area contributed by atoms with Crippen LogP contribution >= 0.6 is 27.5 Å². The molecule has 0 aliphatic heterocycles. The molecule has 2 aromatic carbocycles. The minimum atomic E-state index is 0.606. The van der Waals surface area contributed by atoms with Gasteiger partial charge < -0.3 is 5.73 Å². The lowest BCUT2D eigenvalue weighted by atomic mass is 10.1. The highest BCUT2D eigenvalue weighted by Gasteiger charge is 2.10. The van der Waals surface area contributed by atoms with E-state index in [4.69, 9.17) is 17.3 Å². The van der Waals surface area contributed by atoms with Gasteiger partial charge in [-0.3, -0.25) is 0 Å². The Labute approximate surface area is 130 Å². The maximum absolute atomic E-state index is 6.20. The topological polar surface area (TPSA) is 43.8 Å². The van der Waals surface area contributed by atoms with Crippen LogP contribution in [0.25, 0.3) is 16.8 Å². The van der Waals surface area contributed by atoms with Crippen molar-refractivity contribution in [1.29, 1.82) is 0 Å². The van der Waals surface area contributed by atoms with Crippen molar-refractivity contribution in [1.82, 2.24) is 9.78 Å². The first-order valence-electron chi connectivity index (χ1n) is 6.00. The molecule has 3 nitrogen and oxygen atoms in total. The number of halogens is 2. The van der Waals surface area contributed by atoms with Crippen molar-refractivity contribution < 1.29 is 0 Å². The molecule has 100 valence electrons.